The van der Waals surface area contributed by atoms with E-state index in [-0.39, 0.29) is 0 Å². The number of ether oxygens (including phenoxy) is 1. The van der Waals surface area contributed by atoms with Gasteiger partial charge in [-0.25, -0.2) is 9.97 Å². The van der Waals surface area contributed by atoms with Gasteiger partial charge in [0.1, 0.15) is 11.6 Å². The summed E-state index contributed by atoms with van der Waals surface area (Å²) in [6.45, 7) is 1.14. The molecule has 1 aliphatic rings. The Hall–Kier alpha value is -1.36. The molecule has 0 unspecified atom stereocenters. The Morgan fingerprint density at radius 1 is 1.20 bits per heavy atom. The molecule has 104 valence electrons. The van der Waals surface area contributed by atoms with Gasteiger partial charge in [0.05, 0.1) is 18.9 Å². The van der Waals surface area contributed by atoms with E-state index in [1.165, 1.54) is 0 Å². The molecule has 6 heteroatoms. The fraction of sp³-hybridized carbons (Fsp3) is 0.286. The summed E-state index contributed by atoms with van der Waals surface area (Å²) >= 11 is 12.3. The molecule has 0 radical (unpaired) electrons. The lowest BCUT2D eigenvalue weighted by Crippen LogP contribution is -2.17. The zero-order chi connectivity index (χ0) is 14.1. The molecule has 2 heterocycles. The fourth-order valence-electron chi connectivity index (χ4n) is 2.25. The molecule has 0 atom stereocenters. The van der Waals surface area contributed by atoms with Crippen LogP contribution in [0.1, 0.15) is 22.6 Å². The van der Waals surface area contributed by atoms with Crippen molar-refractivity contribution in [3.8, 4) is 0 Å². The highest BCUT2D eigenvalue weighted by molar-refractivity contribution is 6.36. The molecule has 0 fully saturated rings. The molecule has 1 aliphatic heterocycles. The summed E-state index contributed by atoms with van der Waals surface area (Å²) in [6, 6.07) is 5.42. The minimum atomic E-state index is 0.469. The Kier molecular flexibility index (Phi) is 3.78. The van der Waals surface area contributed by atoms with Crippen LogP contribution < -0.4 is 5.73 Å². The predicted molar refractivity (Wildman–Crippen MR) is 79.1 cm³/mol. The van der Waals surface area contributed by atoms with E-state index in [1.807, 2.05) is 6.07 Å². The topological polar surface area (TPSA) is 61.0 Å². The lowest BCUT2D eigenvalue weighted by molar-refractivity contribution is 0.109. The summed E-state index contributed by atoms with van der Waals surface area (Å²) < 4.78 is 5.37. The van der Waals surface area contributed by atoms with Gasteiger partial charge < -0.3 is 10.5 Å². The number of benzene rings is 1. The summed E-state index contributed by atoms with van der Waals surface area (Å²) in [5.41, 5.74) is 8.65. The van der Waals surface area contributed by atoms with E-state index in [4.69, 9.17) is 33.7 Å². The SMILES string of the molecule is Nc1nc(Cc2c(Cl)cccc2Cl)nc2c1COCC2. The van der Waals surface area contributed by atoms with Gasteiger partial charge in [-0.2, -0.15) is 0 Å². The third-order valence-corrected chi connectivity index (χ3v) is 4.01. The smallest absolute Gasteiger partial charge is 0.135 e. The third-order valence-electron chi connectivity index (χ3n) is 3.30. The predicted octanol–water partition coefficient (Wildman–Crippen LogP) is 3.03. The lowest BCUT2D eigenvalue weighted by Gasteiger charge is -2.18. The molecule has 0 saturated heterocycles. The van der Waals surface area contributed by atoms with Crippen LogP contribution in [0.3, 0.4) is 0 Å². The Balaban J connectivity index is 1.97. The quantitative estimate of drug-likeness (QED) is 0.926. The largest absolute Gasteiger partial charge is 0.383 e. The van der Waals surface area contributed by atoms with Gasteiger partial charge in [-0.1, -0.05) is 29.3 Å². The van der Waals surface area contributed by atoms with Gasteiger partial charge in [-0.3, -0.25) is 0 Å². The summed E-state index contributed by atoms with van der Waals surface area (Å²) in [6.07, 6.45) is 1.22. The maximum Gasteiger partial charge on any atom is 0.135 e. The number of aromatic nitrogens is 2. The number of halogens is 2. The normalized spacial score (nSPS) is 14.1. The maximum atomic E-state index is 6.17. The number of rotatable bonds is 2. The van der Waals surface area contributed by atoms with E-state index >= 15 is 0 Å². The Morgan fingerprint density at radius 3 is 2.70 bits per heavy atom. The van der Waals surface area contributed by atoms with Crippen LogP contribution in [0.4, 0.5) is 5.82 Å². The molecular formula is C14H13Cl2N3O. The van der Waals surface area contributed by atoms with Crippen LogP contribution in [0.15, 0.2) is 18.2 Å². The van der Waals surface area contributed by atoms with E-state index < -0.39 is 0 Å². The monoisotopic (exact) mass is 309 g/mol. The van der Waals surface area contributed by atoms with Gasteiger partial charge in [0.25, 0.3) is 0 Å². The fourth-order valence-corrected chi connectivity index (χ4v) is 2.78. The highest BCUT2D eigenvalue weighted by Gasteiger charge is 2.17. The van der Waals surface area contributed by atoms with Crippen LogP contribution >= 0.6 is 23.2 Å². The highest BCUT2D eigenvalue weighted by atomic mass is 35.5. The van der Waals surface area contributed by atoms with Crippen molar-refractivity contribution in [2.24, 2.45) is 0 Å². The first-order valence-electron chi connectivity index (χ1n) is 6.30. The van der Waals surface area contributed by atoms with Crippen molar-refractivity contribution in [1.29, 1.82) is 0 Å². The average Bonchev–Trinajstić information content (AvgIpc) is 2.43. The molecule has 1 aromatic heterocycles. The van der Waals surface area contributed by atoms with E-state index in [9.17, 15) is 0 Å². The molecule has 0 saturated carbocycles. The second kappa shape index (κ2) is 5.56. The first-order chi connectivity index (χ1) is 9.65. The molecule has 3 rings (SSSR count). The summed E-state index contributed by atoms with van der Waals surface area (Å²) in [5.74, 6) is 1.12. The molecule has 0 aliphatic carbocycles. The standard InChI is InChI=1S/C14H13Cl2N3O/c15-10-2-1-3-11(16)8(10)6-13-18-12-4-5-20-7-9(12)14(17)19-13/h1-3H,4-7H2,(H2,17,18,19). The summed E-state index contributed by atoms with van der Waals surface area (Å²) in [4.78, 5) is 8.90. The molecule has 0 spiro atoms. The van der Waals surface area contributed by atoms with Crippen molar-refractivity contribution in [3.63, 3.8) is 0 Å². The molecule has 1 aromatic carbocycles. The van der Waals surface area contributed by atoms with Crippen molar-refractivity contribution >= 4 is 29.0 Å². The molecule has 20 heavy (non-hydrogen) atoms. The lowest BCUT2D eigenvalue weighted by atomic mass is 10.1. The number of fused-ring (bicyclic) bond motifs is 1. The average molecular weight is 310 g/mol. The zero-order valence-electron chi connectivity index (χ0n) is 10.7. The first kappa shape index (κ1) is 13.6. The van der Waals surface area contributed by atoms with Gasteiger partial charge in [-0.05, 0) is 17.7 Å². The van der Waals surface area contributed by atoms with Gasteiger partial charge in [0.15, 0.2) is 0 Å². The van der Waals surface area contributed by atoms with Crippen LogP contribution in [0, 0.1) is 0 Å². The van der Waals surface area contributed by atoms with Crippen LogP contribution in [-0.2, 0) is 24.2 Å². The van der Waals surface area contributed by atoms with E-state index in [0.717, 1.165) is 23.2 Å². The van der Waals surface area contributed by atoms with Gasteiger partial charge in [0, 0.05) is 28.5 Å². The summed E-state index contributed by atoms with van der Waals surface area (Å²) in [7, 11) is 0. The van der Waals surface area contributed by atoms with Crippen molar-refractivity contribution < 1.29 is 4.74 Å². The number of anilines is 1. The highest BCUT2D eigenvalue weighted by Crippen LogP contribution is 2.27. The number of nitrogens with two attached hydrogens (primary N) is 1. The first-order valence-corrected chi connectivity index (χ1v) is 7.05. The van der Waals surface area contributed by atoms with Crippen LogP contribution in [0.5, 0.6) is 0 Å². The minimum Gasteiger partial charge on any atom is -0.383 e. The molecular weight excluding hydrogens is 297 g/mol. The Morgan fingerprint density at radius 2 is 1.95 bits per heavy atom. The van der Waals surface area contributed by atoms with Crippen LogP contribution in [0.25, 0.3) is 0 Å². The number of nitrogens with zero attached hydrogens (tertiary/aromatic N) is 2. The number of hydrogen-bond acceptors (Lipinski definition) is 4. The Labute approximate surface area is 126 Å². The Bertz CT molecular complexity index is 641. The van der Waals surface area contributed by atoms with Crippen LogP contribution in [-0.4, -0.2) is 16.6 Å². The summed E-state index contributed by atoms with van der Waals surface area (Å²) in [5, 5.41) is 1.22. The van der Waals surface area contributed by atoms with Gasteiger partial charge >= 0.3 is 0 Å². The molecule has 4 nitrogen and oxygen atoms in total. The van der Waals surface area contributed by atoms with E-state index in [0.29, 0.717) is 41.3 Å². The van der Waals surface area contributed by atoms with Crippen LogP contribution in [0.2, 0.25) is 10.0 Å². The van der Waals surface area contributed by atoms with Crippen molar-refractivity contribution in [1.82, 2.24) is 9.97 Å². The molecule has 0 bridgehead atoms. The number of hydrogen-bond donors (Lipinski definition) is 1. The minimum absolute atomic E-state index is 0.469. The molecule has 2 aromatic rings. The van der Waals surface area contributed by atoms with Crippen molar-refractivity contribution in [3.05, 3.63) is 50.9 Å². The van der Waals surface area contributed by atoms with E-state index in [1.54, 1.807) is 12.1 Å². The maximum absolute atomic E-state index is 6.17. The second-order valence-corrected chi connectivity index (χ2v) is 5.44. The molecule has 0 amide bonds. The van der Waals surface area contributed by atoms with Gasteiger partial charge in [-0.15, -0.1) is 0 Å². The van der Waals surface area contributed by atoms with Crippen molar-refractivity contribution in [2.75, 3.05) is 12.3 Å². The number of nitrogen functional groups attached to an aromatic ring is 1. The zero-order valence-corrected chi connectivity index (χ0v) is 12.2. The van der Waals surface area contributed by atoms with Gasteiger partial charge in [0.2, 0.25) is 0 Å². The van der Waals surface area contributed by atoms with Crippen molar-refractivity contribution in [2.45, 2.75) is 19.4 Å². The second-order valence-electron chi connectivity index (χ2n) is 4.63. The third kappa shape index (κ3) is 2.59. The molecule has 2 N–H and O–H groups in total. The van der Waals surface area contributed by atoms with E-state index in [2.05, 4.69) is 9.97 Å².